The third-order valence-corrected chi connectivity index (χ3v) is 5.29. The van der Waals surface area contributed by atoms with E-state index in [-0.39, 0.29) is 29.6 Å². The summed E-state index contributed by atoms with van der Waals surface area (Å²) in [5.74, 6) is 2.45. The summed E-state index contributed by atoms with van der Waals surface area (Å²) in [6.45, 7) is 9.10. The van der Waals surface area contributed by atoms with Gasteiger partial charge < -0.3 is 20.1 Å². The molecule has 1 heterocycles. The van der Waals surface area contributed by atoms with E-state index in [1.165, 1.54) is 18.4 Å². The van der Waals surface area contributed by atoms with Crippen molar-refractivity contribution in [3.8, 4) is 5.75 Å². The van der Waals surface area contributed by atoms with Crippen molar-refractivity contribution in [1.29, 1.82) is 0 Å². The molecule has 2 N–H and O–H groups in total. The number of halogens is 1. The fraction of sp³-hybridized carbons (Fsp3) is 0.667. The topological polar surface area (TPSA) is 58.1 Å². The van der Waals surface area contributed by atoms with Crippen LogP contribution in [-0.4, -0.2) is 63.9 Å². The van der Waals surface area contributed by atoms with Crippen LogP contribution in [-0.2, 0) is 11.3 Å². The Balaban J connectivity index is 0.00000392. The third kappa shape index (κ3) is 8.53. The predicted octanol–water partition coefficient (Wildman–Crippen LogP) is 3.12. The number of guanidine groups is 1. The maximum absolute atomic E-state index is 5.44. The van der Waals surface area contributed by atoms with Gasteiger partial charge in [-0.25, -0.2) is 0 Å². The van der Waals surface area contributed by atoms with E-state index in [1.54, 1.807) is 14.2 Å². The van der Waals surface area contributed by atoms with Crippen LogP contribution < -0.4 is 15.4 Å². The second-order valence-corrected chi connectivity index (χ2v) is 7.84. The summed E-state index contributed by atoms with van der Waals surface area (Å²) in [6.07, 6.45) is 2.42. The van der Waals surface area contributed by atoms with Gasteiger partial charge in [-0.05, 0) is 63.4 Å². The molecular weight excluding hydrogens is 467 g/mol. The van der Waals surface area contributed by atoms with Gasteiger partial charge in [0.25, 0.3) is 0 Å². The standard InChI is InChI=1S/C21H36N4O2.HI/c1-21(2,27-5)16-24-20(22-3)23-14-17-10-12-25(13-11-17)15-18-6-8-19(26-4)9-7-18;/h6-9,17H,10-16H2,1-5H3,(H2,22,23,24);1H. The molecule has 0 unspecified atom stereocenters. The highest BCUT2D eigenvalue weighted by Gasteiger charge is 2.20. The molecule has 1 aliphatic heterocycles. The van der Waals surface area contributed by atoms with Crippen LogP contribution in [0, 0.1) is 5.92 Å². The number of ether oxygens (including phenoxy) is 2. The van der Waals surface area contributed by atoms with Crippen LogP contribution >= 0.6 is 24.0 Å². The summed E-state index contributed by atoms with van der Waals surface area (Å²) in [7, 11) is 5.25. The molecule has 28 heavy (non-hydrogen) atoms. The first-order chi connectivity index (χ1) is 13.0. The van der Waals surface area contributed by atoms with E-state index in [2.05, 4.69) is 46.5 Å². The molecule has 160 valence electrons. The van der Waals surface area contributed by atoms with Crippen LogP contribution in [0.15, 0.2) is 29.3 Å². The maximum Gasteiger partial charge on any atom is 0.191 e. The average Bonchev–Trinajstić information content (AvgIpc) is 2.70. The number of piperidine rings is 1. The minimum absolute atomic E-state index is 0. The van der Waals surface area contributed by atoms with Gasteiger partial charge in [0.2, 0.25) is 0 Å². The van der Waals surface area contributed by atoms with Gasteiger partial charge in [-0.2, -0.15) is 0 Å². The van der Waals surface area contributed by atoms with Crippen molar-refractivity contribution in [1.82, 2.24) is 15.5 Å². The molecule has 0 bridgehead atoms. The number of nitrogens with zero attached hydrogens (tertiary/aromatic N) is 2. The molecule has 1 aromatic rings. The molecular formula is C21H37IN4O2. The lowest BCUT2D eigenvalue weighted by atomic mass is 9.96. The number of likely N-dealkylation sites (tertiary alicyclic amines) is 1. The first-order valence-electron chi connectivity index (χ1n) is 9.80. The Hall–Kier alpha value is -1.06. The van der Waals surface area contributed by atoms with Gasteiger partial charge in [0.15, 0.2) is 5.96 Å². The number of benzene rings is 1. The largest absolute Gasteiger partial charge is 0.497 e. The zero-order chi connectivity index (χ0) is 19.7. The maximum atomic E-state index is 5.44. The number of hydrogen-bond acceptors (Lipinski definition) is 4. The van der Waals surface area contributed by atoms with Crippen molar-refractivity contribution in [2.45, 2.75) is 38.8 Å². The zero-order valence-corrected chi connectivity index (χ0v) is 20.3. The Morgan fingerprint density at radius 2 is 1.79 bits per heavy atom. The Labute approximate surface area is 187 Å². The Morgan fingerprint density at radius 3 is 2.32 bits per heavy atom. The molecule has 2 rings (SSSR count). The third-order valence-electron chi connectivity index (χ3n) is 5.29. The van der Waals surface area contributed by atoms with Crippen molar-refractivity contribution < 1.29 is 9.47 Å². The second-order valence-electron chi connectivity index (χ2n) is 7.84. The molecule has 0 atom stereocenters. The van der Waals surface area contributed by atoms with Crippen LogP contribution in [0.1, 0.15) is 32.3 Å². The summed E-state index contributed by atoms with van der Waals surface area (Å²) in [5, 5.41) is 6.81. The van der Waals surface area contributed by atoms with Crippen molar-refractivity contribution in [3.63, 3.8) is 0 Å². The van der Waals surface area contributed by atoms with E-state index in [0.29, 0.717) is 5.92 Å². The summed E-state index contributed by atoms with van der Waals surface area (Å²) in [6, 6.07) is 8.39. The lowest BCUT2D eigenvalue weighted by Gasteiger charge is -2.32. The smallest absolute Gasteiger partial charge is 0.191 e. The van der Waals surface area contributed by atoms with Gasteiger partial charge in [0.1, 0.15) is 5.75 Å². The summed E-state index contributed by atoms with van der Waals surface area (Å²) in [5.41, 5.74) is 1.14. The number of aliphatic imine (C=N–C) groups is 1. The Bertz CT molecular complexity index is 585. The van der Waals surface area contributed by atoms with Gasteiger partial charge in [-0.15, -0.1) is 24.0 Å². The Morgan fingerprint density at radius 1 is 1.14 bits per heavy atom. The number of methoxy groups -OCH3 is 2. The zero-order valence-electron chi connectivity index (χ0n) is 18.0. The van der Waals surface area contributed by atoms with E-state index < -0.39 is 0 Å². The molecule has 7 heteroatoms. The second kappa shape index (κ2) is 12.5. The van der Waals surface area contributed by atoms with E-state index in [1.807, 2.05) is 19.2 Å². The van der Waals surface area contributed by atoms with Crippen LogP contribution in [0.2, 0.25) is 0 Å². The minimum atomic E-state index is -0.204. The van der Waals surface area contributed by atoms with Gasteiger partial charge >= 0.3 is 0 Å². The van der Waals surface area contributed by atoms with Crippen molar-refractivity contribution in [2.75, 3.05) is 47.4 Å². The lowest BCUT2D eigenvalue weighted by molar-refractivity contribution is 0.0268. The van der Waals surface area contributed by atoms with Crippen LogP contribution in [0.25, 0.3) is 0 Å². The molecule has 6 nitrogen and oxygen atoms in total. The molecule has 1 fully saturated rings. The molecule has 1 aliphatic rings. The monoisotopic (exact) mass is 504 g/mol. The van der Waals surface area contributed by atoms with Gasteiger partial charge in [-0.1, -0.05) is 12.1 Å². The molecule has 1 aromatic carbocycles. The van der Waals surface area contributed by atoms with Gasteiger partial charge in [0.05, 0.1) is 12.7 Å². The fourth-order valence-corrected chi connectivity index (χ4v) is 3.17. The summed E-state index contributed by atoms with van der Waals surface area (Å²) >= 11 is 0. The first kappa shape index (κ1) is 25.0. The average molecular weight is 504 g/mol. The highest BCUT2D eigenvalue weighted by atomic mass is 127. The van der Waals surface area contributed by atoms with Crippen LogP contribution in [0.4, 0.5) is 0 Å². The van der Waals surface area contributed by atoms with E-state index in [4.69, 9.17) is 9.47 Å². The number of hydrogen-bond donors (Lipinski definition) is 2. The molecule has 1 saturated heterocycles. The van der Waals surface area contributed by atoms with Gasteiger partial charge in [0, 0.05) is 33.8 Å². The SMILES string of the molecule is CN=C(NCC1CCN(Cc2ccc(OC)cc2)CC1)NCC(C)(C)OC.I. The van der Waals surface area contributed by atoms with E-state index >= 15 is 0 Å². The summed E-state index contributed by atoms with van der Waals surface area (Å²) < 4.78 is 10.7. The van der Waals surface area contributed by atoms with Crippen molar-refractivity contribution >= 4 is 29.9 Å². The fourth-order valence-electron chi connectivity index (χ4n) is 3.17. The first-order valence-corrected chi connectivity index (χ1v) is 9.80. The van der Waals surface area contributed by atoms with E-state index in [9.17, 15) is 0 Å². The van der Waals surface area contributed by atoms with Crippen molar-refractivity contribution in [2.24, 2.45) is 10.9 Å². The van der Waals surface area contributed by atoms with E-state index in [0.717, 1.165) is 44.4 Å². The molecule has 0 aliphatic carbocycles. The molecule has 0 amide bonds. The highest BCUT2D eigenvalue weighted by Crippen LogP contribution is 2.19. The van der Waals surface area contributed by atoms with Gasteiger partial charge in [-0.3, -0.25) is 9.89 Å². The normalized spacial score (nSPS) is 16.4. The Kier molecular flexibility index (Phi) is 11.1. The molecule has 0 saturated carbocycles. The molecule has 0 radical (unpaired) electrons. The van der Waals surface area contributed by atoms with Crippen molar-refractivity contribution in [3.05, 3.63) is 29.8 Å². The molecule has 0 aromatic heterocycles. The van der Waals surface area contributed by atoms with Crippen LogP contribution in [0.3, 0.4) is 0 Å². The summed E-state index contributed by atoms with van der Waals surface area (Å²) in [4.78, 5) is 6.85. The minimum Gasteiger partial charge on any atom is -0.497 e. The highest BCUT2D eigenvalue weighted by molar-refractivity contribution is 14.0. The predicted molar refractivity (Wildman–Crippen MR) is 127 cm³/mol. The number of nitrogens with one attached hydrogen (secondary N) is 2. The van der Waals surface area contributed by atoms with Crippen LogP contribution in [0.5, 0.6) is 5.75 Å². The lowest BCUT2D eigenvalue weighted by Crippen LogP contribution is -2.47. The molecule has 0 spiro atoms. The quantitative estimate of drug-likeness (QED) is 0.324. The number of rotatable bonds is 8.